The van der Waals surface area contributed by atoms with Crippen molar-refractivity contribution in [3.8, 4) is 16.9 Å². The van der Waals surface area contributed by atoms with E-state index in [1.807, 2.05) is 6.07 Å². The Morgan fingerprint density at radius 1 is 0.658 bits per heavy atom. The fraction of sp³-hybridized carbons (Fsp3) is 0.667. The largest absolute Gasteiger partial charge is 0.507 e. The maximum atomic E-state index is 11.4. The molecular weight excluding hydrogens is 462 g/mol. The normalized spacial score (nSPS) is 12.2. The summed E-state index contributed by atoms with van der Waals surface area (Å²) in [5, 5.41) is 11.4. The van der Waals surface area contributed by atoms with Gasteiger partial charge in [0.05, 0.1) is 0 Å². The summed E-state index contributed by atoms with van der Waals surface area (Å²) in [6.07, 6.45) is 16.0. The Morgan fingerprint density at radius 3 is 1.58 bits per heavy atom. The summed E-state index contributed by atoms with van der Waals surface area (Å²) in [5.74, 6) is 0.426. The lowest BCUT2D eigenvalue weighted by Gasteiger charge is -2.30. The summed E-state index contributed by atoms with van der Waals surface area (Å²) in [7, 11) is 0. The van der Waals surface area contributed by atoms with Crippen LogP contribution < -0.4 is 4.90 Å². The van der Waals surface area contributed by atoms with Crippen molar-refractivity contribution in [1.29, 1.82) is 0 Å². The second-order valence-corrected chi connectivity index (χ2v) is 13.4. The Morgan fingerprint density at radius 2 is 1.13 bits per heavy atom. The van der Waals surface area contributed by atoms with Gasteiger partial charge in [-0.2, -0.15) is 0 Å². The molecule has 0 aliphatic carbocycles. The third-order valence-electron chi connectivity index (χ3n) is 7.75. The Hall–Kier alpha value is -1.96. The molecule has 0 bridgehead atoms. The average molecular weight is 521 g/mol. The SMILES string of the molecule is CCCCCCCCN(CCCCCCCC)c1ccc(-c2[c]cc(C(C)(C)C)c(O)c2C(C)(C)C)cc1. The van der Waals surface area contributed by atoms with Crippen LogP contribution in [0.2, 0.25) is 0 Å². The zero-order valence-corrected chi connectivity index (χ0v) is 26.2. The summed E-state index contributed by atoms with van der Waals surface area (Å²) >= 11 is 0. The summed E-state index contributed by atoms with van der Waals surface area (Å²) in [6, 6.07) is 14.6. The van der Waals surface area contributed by atoms with E-state index in [4.69, 9.17) is 0 Å². The molecule has 0 fully saturated rings. The predicted octanol–water partition coefficient (Wildman–Crippen LogP) is 11.0. The minimum Gasteiger partial charge on any atom is -0.507 e. The third kappa shape index (κ3) is 9.97. The van der Waals surface area contributed by atoms with Gasteiger partial charge < -0.3 is 10.0 Å². The fourth-order valence-corrected chi connectivity index (χ4v) is 5.44. The van der Waals surface area contributed by atoms with E-state index >= 15 is 0 Å². The maximum Gasteiger partial charge on any atom is 0.123 e. The number of aromatic hydroxyl groups is 1. The van der Waals surface area contributed by atoms with E-state index < -0.39 is 0 Å². The first-order valence-electron chi connectivity index (χ1n) is 15.6. The molecule has 0 spiro atoms. The summed E-state index contributed by atoms with van der Waals surface area (Å²) in [4.78, 5) is 2.61. The highest BCUT2D eigenvalue weighted by Gasteiger charge is 2.28. The topological polar surface area (TPSA) is 23.5 Å². The van der Waals surface area contributed by atoms with Crippen LogP contribution in [0.4, 0.5) is 5.69 Å². The molecular formula is C36H58NO. The summed E-state index contributed by atoms with van der Waals surface area (Å²) in [5.41, 5.74) is 5.12. The van der Waals surface area contributed by atoms with E-state index in [0.717, 1.165) is 35.3 Å². The molecule has 0 amide bonds. The number of phenols is 1. The van der Waals surface area contributed by atoms with Crippen molar-refractivity contribution in [1.82, 2.24) is 0 Å². The van der Waals surface area contributed by atoms with Crippen LogP contribution in [0.25, 0.3) is 11.1 Å². The molecule has 2 aromatic carbocycles. The maximum absolute atomic E-state index is 11.4. The Balaban J connectivity index is 2.23. The first-order chi connectivity index (χ1) is 18.0. The van der Waals surface area contributed by atoms with Gasteiger partial charge in [0.15, 0.2) is 0 Å². The van der Waals surface area contributed by atoms with E-state index in [9.17, 15) is 5.11 Å². The van der Waals surface area contributed by atoms with Crippen molar-refractivity contribution >= 4 is 5.69 Å². The molecule has 2 aromatic rings. The number of hydrogen-bond acceptors (Lipinski definition) is 2. The smallest absolute Gasteiger partial charge is 0.123 e. The van der Waals surface area contributed by atoms with Gasteiger partial charge >= 0.3 is 0 Å². The van der Waals surface area contributed by atoms with Crippen LogP contribution in [0.3, 0.4) is 0 Å². The number of nitrogens with zero attached hydrogens (tertiary/aromatic N) is 1. The van der Waals surface area contributed by atoms with Crippen molar-refractivity contribution in [2.45, 2.75) is 143 Å². The van der Waals surface area contributed by atoms with Crippen LogP contribution in [0.1, 0.15) is 144 Å². The molecule has 0 aliphatic rings. The lowest BCUT2D eigenvalue weighted by atomic mass is 9.76. The molecule has 0 saturated heterocycles. The zero-order valence-electron chi connectivity index (χ0n) is 26.2. The molecule has 38 heavy (non-hydrogen) atoms. The van der Waals surface area contributed by atoms with Gasteiger partial charge in [-0.3, -0.25) is 0 Å². The van der Waals surface area contributed by atoms with Crippen molar-refractivity contribution in [2.75, 3.05) is 18.0 Å². The Bertz CT molecular complexity index is 914. The van der Waals surface area contributed by atoms with Gasteiger partial charge in [-0.15, -0.1) is 0 Å². The van der Waals surface area contributed by atoms with Crippen LogP contribution in [0.15, 0.2) is 30.3 Å². The molecule has 1 N–H and O–H groups in total. The first kappa shape index (κ1) is 32.3. The zero-order chi connectivity index (χ0) is 28.2. The first-order valence-corrected chi connectivity index (χ1v) is 15.6. The van der Waals surface area contributed by atoms with Gasteiger partial charge in [0, 0.05) is 29.9 Å². The monoisotopic (exact) mass is 520 g/mol. The minimum absolute atomic E-state index is 0.128. The molecule has 0 unspecified atom stereocenters. The third-order valence-corrected chi connectivity index (χ3v) is 7.75. The van der Waals surface area contributed by atoms with Crippen LogP contribution >= 0.6 is 0 Å². The van der Waals surface area contributed by atoms with Crippen molar-refractivity contribution < 1.29 is 5.11 Å². The van der Waals surface area contributed by atoms with E-state index in [0.29, 0.717) is 5.75 Å². The van der Waals surface area contributed by atoms with Crippen molar-refractivity contribution in [2.24, 2.45) is 0 Å². The lowest BCUT2D eigenvalue weighted by molar-refractivity contribution is 0.424. The van der Waals surface area contributed by atoms with Gasteiger partial charge in [0.2, 0.25) is 0 Å². The van der Waals surface area contributed by atoms with Crippen LogP contribution in [0, 0.1) is 6.07 Å². The van der Waals surface area contributed by atoms with E-state index in [2.05, 4.69) is 90.6 Å². The second kappa shape index (κ2) is 15.6. The van der Waals surface area contributed by atoms with Crippen LogP contribution in [-0.2, 0) is 10.8 Å². The molecule has 0 aromatic heterocycles. The number of unbranched alkanes of at least 4 members (excludes halogenated alkanes) is 10. The van der Waals surface area contributed by atoms with Crippen LogP contribution in [0.5, 0.6) is 5.75 Å². The van der Waals surface area contributed by atoms with Crippen molar-refractivity contribution in [3.05, 3.63) is 47.5 Å². The summed E-state index contributed by atoms with van der Waals surface area (Å²) < 4.78 is 0. The van der Waals surface area contributed by atoms with E-state index in [1.54, 1.807) is 0 Å². The standard InChI is InChI=1S/C36H58NO/c1-9-11-13-15-17-19-27-37(28-20-18-16-14-12-10-2)30-23-21-29(22-24-30)31-25-26-32(35(3,4)5)34(38)33(31)36(6,7)8/h21-24,26,38H,9-20,27-28H2,1-8H3. The van der Waals surface area contributed by atoms with Gasteiger partial charge in [-0.25, -0.2) is 0 Å². The number of phenolic OH excluding ortho intramolecular Hbond substituents is 1. The van der Waals surface area contributed by atoms with E-state index in [-0.39, 0.29) is 10.8 Å². The van der Waals surface area contributed by atoms with Gasteiger partial charge in [-0.1, -0.05) is 132 Å². The minimum atomic E-state index is -0.183. The number of rotatable bonds is 16. The molecule has 2 rings (SSSR count). The number of anilines is 1. The molecule has 0 saturated carbocycles. The Labute approximate surface area is 236 Å². The molecule has 0 heterocycles. The van der Waals surface area contributed by atoms with Crippen LogP contribution in [-0.4, -0.2) is 18.2 Å². The molecule has 2 heteroatoms. The fourth-order valence-electron chi connectivity index (χ4n) is 5.44. The lowest BCUT2D eigenvalue weighted by Crippen LogP contribution is -2.25. The summed E-state index contributed by atoms with van der Waals surface area (Å²) in [6.45, 7) is 19.9. The van der Waals surface area contributed by atoms with Gasteiger partial charge in [0.1, 0.15) is 5.75 Å². The molecule has 213 valence electrons. The van der Waals surface area contributed by atoms with Crippen molar-refractivity contribution in [3.63, 3.8) is 0 Å². The molecule has 2 nitrogen and oxygen atoms in total. The highest BCUT2D eigenvalue weighted by Crippen LogP contribution is 2.44. The van der Waals surface area contributed by atoms with E-state index in [1.165, 1.54) is 82.7 Å². The van der Waals surface area contributed by atoms with Gasteiger partial charge in [-0.05, 0) is 59.1 Å². The molecule has 0 aliphatic heterocycles. The number of benzene rings is 2. The van der Waals surface area contributed by atoms with Gasteiger partial charge in [0.25, 0.3) is 0 Å². The quantitative estimate of drug-likeness (QED) is 0.222. The highest BCUT2D eigenvalue weighted by atomic mass is 16.3. The number of hydrogen-bond donors (Lipinski definition) is 1. The predicted molar refractivity (Wildman–Crippen MR) is 169 cm³/mol. The average Bonchev–Trinajstić information content (AvgIpc) is 2.85. The highest BCUT2D eigenvalue weighted by molar-refractivity contribution is 5.74. The second-order valence-electron chi connectivity index (χ2n) is 13.4. The molecule has 1 radical (unpaired) electrons. The Kier molecular flexibility index (Phi) is 13.2. The molecule has 0 atom stereocenters.